The third-order valence-electron chi connectivity index (χ3n) is 3.94. The van der Waals surface area contributed by atoms with Gasteiger partial charge >= 0.3 is 0 Å². The van der Waals surface area contributed by atoms with Crippen LogP contribution in [0.15, 0.2) is 28.7 Å². The molecular weight excluding hydrogens is 304 g/mol. The van der Waals surface area contributed by atoms with Crippen LogP contribution >= 0.6 is 0 Å². The first kappa shape index (κ1) is 15.0. The van der Waals surface area contributed by atoms with Crippen LogP contribution in [-0.2, 0) is 15.6 Å². The van der Waals surface area contributed by atoms with Crippen molar-refractivity contribution in [2.24, 2.45) is 0 Å². The molecule has 0 unspecified atom stereocenters. The van der Waals surface area contributed by atoms with Crippen LogP contribution in [0, 0.1) is 0 Å². The van der Waals surface area contributed by atoms with Crippen LogP contribution in [0.4, 0.5) is 0 Å². The van der Waals surface area contributed by atoms with E-state index in [0.29, 0.717) is 11.3 Å². The Morgan fingerprint density at radius 3 is 2.68 bits per heavy atom. The third kappa shape index (κ3) is 2.99. The van der Waals surface area contributed by atoms with E-state index >= 15 is 0 Å². The summed E-state index contributed by atoms with van der Waals surface area (Å²) in [5.74, 6) is 0.818. The summed E-state index contributed by atoms with van der Waals surface area (Å²) < 4.78 is 35.4. The molecule has 2 aromatic rings. The van der Waals surface area contributed by atoms with Gasteiger partial charge in [0.05, 0.1) is 17.9 Å². The third-order valence-corrected chi connectivity index (χ3v) is 6.08. The Labute approximate surface area is 129 Å². The number of nitrogens with zero attached hydrogens (tertiary/aromatic N) is 2. The van der Waals surface area contributed by atoms with Crippen LogP contribution in [0.5, 0.6) is 5.75 Å². The maximum absolute atomic E-state index is 12.3. The van der Waals surface area contributed by atoms with Gasteiger partial charge in [0.25, 0.3) is 5.89 Å². The van der Waals surface area contributed by atoms with Gasteiger partial charge in [0, 0.05) is 0 Å². The summed E-state index contributed by atoms with van der Waals surface area (Å²) in [4.78, 5) is 0. The molecule has 22 heavy (non-hydrogen) atoms. The topological polar surface area (TPSA) is 82.3 Å². The molecule has 0 radical (unpaired) electrons. The van der Waals surface area contributed by atoms with Crippen LogP contribution < -0.4 is 4.74 Å². The summed E-state index contributed by atoms with van der Waals surface area (Å²) in [5, 5.41) is 7.55. The Morgan fingerprint density at radius 1 is 1.23 bits per heavy atom. The number of hydrogen-bond donors (Lipinski definition) is 0. The molecule has 0 spiro atoms. The fraction of sp³-hybridized carbons (Fsp3) is 0.467. The highest BCUT2D eigenvalue weighted by Gasteiger charge is 2.30. The van der Waals surface area contributed by atoms with Gasteiger partial charge in [0.1, 0.15) is 11.5 Å². The Kier molecular flexibility index (Phi) is 4.15. The zero-order valence-corrected chi connectivity index (χ0v) is 13.2. The molecule has 1 aromatic heterocycles. The van der Waals surface area contributed by atoms with E-state index in [0.717, 1.165) is 25.7 Å². The number of para-hydroxylation sites is 1. The van der Waals surface area contributed by atoms with E-state index in [1.165, 1.54) is 0 Å². The van der Waals surface area contributed by atoms with Crippen molar-refractivity contribution in [1.29, 1.82) is 0 Å². The molecule has 1 fully saturated rings. The fourth-order valence-electron chi connectivity index (χ4n) is 2.78. The van der Waals surface area contributed by atoms with Crippen LogP contribution in [-0.4, -0.2) is 31.0 Å². The number of benzene rings is 1. The van der Waals surface area contributed by atoms with Gasteiger partial charge in [0.2, 0.25) is 5.89 Å². The second-order valence-corrected chi connectivity index (χ2v) is 7.70. The second-order valence-electron chi connectivity index (χ2n) is 5.41. The molecular formula is C15H18N2O4S. The van der Waals surface area contributed by atoms with Gasteiger partial charge in [-0.15, -0.1) is 10.2 Å². The first-order valence-corrected chi connectivity index (χ1v) is 8.99. The Hall–Kier alpha value is -1.89. The molecule has 0 bridgehead atoms. The predicted octanol–water partition coefficient (Wildman–Crippen LogP) is 2.60. The Bertz CT molecular complexity index is 748. The lowest BCUT2D eigenvalue weighted by atomic mass is 10.2. The maximum atomic E-state index is 12.3. The van der Waals surface area contributed by atoms with E-state index in [2.05, 4.69) is 10.2 Å². The van der Waals surface area contributed by atoms with Crippen molar-refractivity contribution >= 4 is 9.84 Å². The first-order valence-electron chi connectivity index (χ1n) is 7.27. The van der Waals surface area contributed by atoms with E-state index in [1.807, 2.05) is 12.1 Å². The summed E-state index contributed by atoms with van der Waals surface area (Å²) in [6, 6.07) is 7.25. The minimum atomic E-state index is -3.23. The highest BCUT2D eigenvalue weighted by Crippen LogP contribution is 2.30. The van der Waals surface area contributed by atoms with Gasteiger partial charge in [-0.25, -0.2) is 8.42 Å². The molecule has 1 heterocycles. The van der Waals surface area contributed by atoms with E-state index < -0.39 is 9.84 Å². The smallest absolute Gasteiger partial charge is 0.251 e. The number of rotatable bonds is 5. The molecule has 0 N–H and O–H groups in total. The summed E-state index contributed by atoms with van der Waals surface area (Å²) in [6.07, 6.45) is 3.41. The van der Waals surface area contributed by atoms with Gasteiger partial charge < -0.3 is 9.15 Å². The quantitative estimate of drug-likeness (QED) is 0.841. The minimum absolute atomic E-state index is 0.132. The van der Waals surface area contributed by atoms with Crippen molar-refractivity contribution in [3.8, 4) is 17.2 Å². The number of ether oxygens (including phenoxy) is 1. The fourth-order valence-corrected chi connectivity index (χ4v) is 4.53. The molecule has 7 heteroatoms. The van der Waals surface area contributed by atoms with Gasteiger partial charge in [-0.05, 0) is 25.0 Å². The van der Waals surface area contributed by atoms with Crippen LogP contribution in [0.3, 0.4) is 0 Å². The summed E-state index contributed by atoms with van der Waals surface area (Å²) in [7, 11) is -1.67. The van der Waals surface area contributed by atoms with Gasteiger partial charge in [-0.3, -0.25) is 0 Å². The maximum Gasteiger partial charge on any atom is 0.251 e. The highest BCUT2D eigenvalue weighted by atomic mass is 32.2. The monoisotopic (exact) mass is 322 g/mol. The zero-order valence-electron chi connectivity index (χ0n) is 12.4. The second kappa shape index (κ2) is 6.08. The van der Waals surface area contributed by atoms with Crippen molar-refractivity contribution in [3.63, 3.8) is 0 Å². The Balaban J connectivity index is 1.82. The van der Waals surface area contributed by atoms with Crippen molar-refractivity contribution < 1.29 is 17.6 Å². The Morgan fingerprint density at radius 2 is 1.95 bits per heavy atom. The van der Waals surface area contributed by atoms with E-state index in [9.17, 15) is 8.42 Å². The summed E-state index contributed by atoms with van der Waals surface area (Å²) in [6.45, 7) is 0. The van der Waals surface area contributed by atoms with Gasteiger partial charge in [-0.2, -0.15) is 0 Å². The number of hydrogen-bond acceptors (Lipinski definition) is 6. The van der Waals surface area contributed by atoms with E-state index in [4.69, 9.17) is 9.15 Å². The van der Waals surface area contributed by atoms with E-state index in [1.54, 1.807) is 19.2 Å². The number of sulfone groups is 1. The van der Waals surface area contributed by atoms with Crippen LogP contribution in [0.25, 0.3) is 11.5 Å². The largest absolute Gasteiger partial charge is 0.496 e. The molecule has 0 aliphatic heterocycles. The highest BCUT2D eigenvalue weighted by molar-refractivity contribution is 7.91. The molecule has 1 aliphatic carbocycles. The van der Waals surface area contributed by atoms with Crippen molar-refractivity contribution in [2.75, 3.05) is 7.11 Å². The zero-order chi connectivity index (χ0) is 15.6. The van der Waals surface area contributed by atoms with Gasteiger partial charge in [0.15, 0.2) is 9.84 Å². The predicted molar refractivity (Wildman–Crippen MR) is 81.2 cm³/mol. The first-order chi connectivity index (χ1) is 10.6. The lowest BCUT2D eigenvalue weighted by Crippen LogP contribution is -2.19. The van der Waals surface area contributed by atoms with Gasteiger partial charge in [-0.1, -0.05) is 25.0 Å². The van der Waals surface area contributed by atoms with Crippen molar-refractivity contribution in [1.82, 2.24) is 10.2 Å². The SMILES string of the molecule is COc1ccccc1-c1nnc(CS(=O)(=O)C2CCCC2)o1. The van der Waals surface area contributed by atoms with Crippen molar-refractivity contribution in [2.45, 2.75) is 36.7 Å². The van der Waals surface area contributed by atoms with Crippen molar-refractivity contribution in [3.05, 3.63) is 30.2 Å². The number of aromatic nitrogens is 2. The lowest BCUT2D eigenvalue weighted by molar-refractivity contribution is 0.413. The normalized spacial score (nSPS) is 16.0. The van der Waals surface area contributed by atoms with Crippen LogP contribution in [0.1, 0.15) is 31.6 Å². The minimum Gasteiger partial charge on any atom is -0.496 e. The molecule has 1 aromatic carbocycles. The molecule has 6 nitrogen and oxygen atoms in total. The molecule has 1 aliphatic rings. The van der Waals surface area contributed by atoms with Crippen LogP contribution in [0.2, 0.25) is 0 Å². The van der Waals surface area contributed by atoms with E-state index in [-0.39, 0.29) is 22.8 Å². The molecule has 0 amide bonds. The average Bonchev–Trinajstić information content (AvgIpc) is 3.18. The standard InChI is InChI=1S/C15H18N2O4S/c1-20-13-9-5-4-8-12(13)15-17-16-14(21-15)10-22(18,19)11-6-2-3-7-11/h4-5,8-9,11H,2-3,6-7,10H2,1H3. The average molecular weight is 322 g/mol. The summed E-state index contributed by atoms with van der Waals surface area (Å²) >= 11 is 0. The molecule has 0 atom stereocenters. The lowest BCUT2D eigenvalue weighted by Gasteiger charge is -2.08. The number of methoxy groups -OCH3 is 1. The molecule has 118 valence electrons. The molecule has 3 rings (SSSR count). The molecule has 0 saturated heterocycles. The molecule has 1 saturated carbocycles. The summed E-state index contributed by atoms with van der Waals surface area (Å²) in [5.41, 5.74) is 0.655.